The van der Waals surface area contributed by atoms with Crippen molar-refractivity contribution in [2.75, 3.05) is 13.1 Å². The van der Waals surface area contributed by atoms with E-state index < -0.39 is 18.3 Å². The average molecular weight is 484 g/mol. The summed E-state index contributed by atoms with van der Waals surface area (Å²) >= 11 is 0. The Hall–Kier alpha value is 3.15. The van der Waals surface area contributed by atoms with Crippen LogP contribution < -0.4 is 0 Å². The van der Waals surface area contributed by atoms with Crippen molar-refractivity contribution in [3.05, 3.63) is 0 Å². The normalized spacial score (nSPS) is 30.0. The summed E-state index contributed by atoms with van der Waals surface area (Å²) < 4.78 is 0. The van der Waals surface area contributed by atoms with Gasteiger partial charge in [-0.2, -0.15) is 0 Å². The fourth-order valence-electron chi connectivity index (χ4n) is 1.95. The van der Waals surface area contributed by atoms with Gasteiger partial charge in [-0.3, -0.25) is 4.90 Å². The van der Waals surface area contributed by atoms with Crippen LogP contribution in [0.15, 0.2) is 0 Å². The summed E-state index contributed by atoms with van der Waals surface area (Å²) in [7, 11) is 0. The number of hydrogen-bond donors (Lipinski definition) is 3. The number of aliphatic hydroxyl groups is 3. The maximum atomic E-state index is 9.74. The molecule has 7 heteroatoms. The van der Waals surface area contributed by atoms with E-state index in [0.29, 0.717) is 13.0 Å². The minimum Gasteiger partial charge on any atom is -0.390 e. The van der Waals surface area contributed by atoms with Gasteiger partial charge in [0.15, 0.2) is 0 Å². The third kappa shape index (κ3) is 8.56. The molecule has 0 aromatic rings. The van der Waals surface area contributed by atoms with Crippen LogP contribution in [-0.4, -0.2) is 57.2 Å². The number of likely N-dealkylation sites (tertiary alicyclic amines) is 1. The smallest absolute Gasteiger partial charge is 0.107 e. The zero-order valence-corrected chi connectivity index (χ0v) is 20.1. The zero-order chi connectivity index (χ0) is 11.6. The molecule has 3 N–H and O–H groups in total. The van der Waals surface area contributed by atoms with Crippen LogP contribution in [0.3, 0.4) is 0 Å². The monoisotopic (exact) mass is 484 g/mol. The van der Waals surface area contributed by atoms with E-state index in [2.05, 4.69) is 25.7 Å². The Bertz CT molecular complexity index is 214. The second-order valence-electron chi connectivity index (χ2n) is 5.38. The molecule has 1 aliphatic rings. The average Bonchev–Trinajstić information content (AvgIpc) is 2.11. The van der Waals surface area contributed by atoms with Gasteiger partial charge in [0.2, 0.25) is 0 Å². The van der Waals surface area contributed by atoms with Crippen molar-refractivity contribution in [3.8, 4) is 0 Å². The van der Waals surface area contributed by atoms with Crippen LogP contribution in [0.2, 0.25) is 0 Å². The van der Waals surface area contributed by atoms with Gasteiger partial charge < -0.3 is 15.3 Å². The molecule has 1 saturated heterocycles. The van der Waals surface area contributed by atoms with E-state index in [1.807, 2.05) is 0 Å². The van der Waals surface area contributed by atoms with Crippen LogP contribution in [0.5, 0.6) is 0 Å². The van der Waals surface area contributed by atoms with E-state index in [9.17, 15) is 15.3 Å². The fraction of sp³-hybridized carbons (Fsp3) is 1.00. The summed E-state index contributed by atoms with van der Waals surface area (Å²) in [4.78, 5) is 2.15. The number of β-amino-alcohol motifs (C(OH)–C–C–N with tert-alkyl or cyclic N) is 1. The molecule has 0 aliphatic carbocycles. The molecule has 0 aromatic carbocycles. The molecule has 1 fully saturated rings. The van der Waals surface area contributed by atoms with Crippen molar-refractivity contribution in [1.29, 1.82) is 0 Å². The molecule has 99 valence electrons. The molecular weight excluding hydrogens is 461 g/mol. The van der Waals surface area contributed by atoms with E-state index in [4.69, 9.17) is 0 Å². The Balaban J connectivity index is -0.000000750. The molecule has 1 aliphatic heterocycles. The molecule has 1 heterocycles. The van der Waals surface area contributed by atoms with Gasteiger partial charge in [-0.25, -0.2) is 0 Å². The zero-order valence-electron chi connectivity index (χ0n) is 11.6. The molecular formula is C11H23NO3Y3. The van der Waals surface area contributed by atoms with Gasteiger partial charge >= 0.3 is 0 Å². The van der Waals surface area contributed by atoms with Gasteiger partial charge in [-0.15, -0.1) is 0 Å². The van der Waals surface area contributed by atoms with Crippen LogP contribution in [0.1, 0.15) is 33.6 Å². The first-order valence-corrected chi connectivity index (χ1v) is 5.61. The third-order valence-corrected chi connectivity index (χ3v) is 3.07. The quantitative estimate of drug-likeness (QED) is 0.452. The second-order valence-corrected chi connectivity index (χ2v) is 5.38. The molecule has 3 radical (unpaired) electrons. The summed E-state index contributed by atoms with van der Waals surface area (Å²) in [6.07, 6.45) is -1.27. The van der Waals surface area contributed by atoms with Gasteiger partial charge in [0.1, 0.15) is 6.10 Å². The minimum atomic E-state index is -1.02. The molecule has 3 atom stereocenters. The first-order chi connectivity index (χ1) is 6.82. The van der Waals surface area contributed by atoms with Crippen LogP contribution in [0.4, 0.5) is 0 Å². The predicted molar refractivity (Wildman–Crippen MR) is 58.6 cm³/mol. The van der Waals surface area contributed by atoms with Gasteiger partial charge in [0.05, 0.1) is 12.2 Å². The summed E-state index contributed by atoms with van der Waals surface area (Å²) in [5, 5.41) is 28.9. The molecule has 0 bridgehead atoms. The summed E-state index contributed by atoms with van der Waals surface area (Å²) in [5.74, 6) is 0. The van der Waals surface area contributed by atoms with Crippen molar-refractivity contribution in [2.24, 2.45) is 0 Å². The van der Waals surface area contributed by atoms with E-state index in [1.165, 1.54) is 0 Å². The SMILES string of the molecule is CC(C)(C)N1CCC[C@@H](O)[C@H](O)[C@@H](O)C1.[Y].[Y].[Y]. The van der Waals surface area contributed by atoms with Crippen LogP contribution in [0.25, 0.3) is 0 Å². The summed E-state index contributed by atoms with van der Waals surface area (Å²) in [6.45, 7) is 7.53. The molecule has 0 spiro atoms. The Morgan fingerprint density at radius 1 is 0.944 bits per heavy atom. The molecule has 4 nitrogen and oxygen atoms in total. The Morgan fingerprint density at radius 2 is 1.44 bits per heavy atom. The number of aliphatic hydroxyl groups excluding tert-OH is 3. The van der Waals surface area contributed by atoms with Gasteiger partial charge in [-0.05, 0) is 40.2 Å². The first kappa shape index (κ1) is 26.1. The van der Waals surface area contributed by atoms with Crippen molar-refractivity contribution >= 4 is 0 Å². The molecule has 0 unspecified atom stereocenters. The first-order valence-electron chi connectivity index (χ1n) is 5.61. The maximum Gasteiger partial charge on any atom is 0.107 e. The molecule has 0 amide bonds. The standard InChI is InChI=1S/C11H23NO3.3Y/c1-11(2,3)12-6-4-5-8(13)10(15)9(14)7-12;;;/h8-10,13-15H,4-7H2,1-3H3;;;/t8-,9+,10+;;;/m1.../s1. The predicted octanol–water partition coefficient (Wildman–Crippen LogP) is -0.0441. The molecule has 0 aromatic heterocycles. The van der Waals surface area contributed by atoms with Crippen molar-refractivity contribution < 1.29 is 113 Å². The maximum absolute atomic E-state index is 9.74. The van der Waals surface area contributed by atoms with Crippen molar-refractivity contribution in [1.82, 2.24) is 4.90 Å². The van der Waals surface area contributed by atoms with E-state index >= 15 is 0 Å². The van der Waals surface area contributed by atoms with Crippen LogP contribution >= 0.6 is 0 Å². The van der Waals surface area contributed by atoms with Gasteiger partial charge in [0, 0.05) is 110 Å². The van der Waals surface area contributed by atoms with Gasteiger partial charge in [0.25, 0.3) is 0 Å². The van der Waals surface area contributed by atoms with E-state index in [1.54, 1.807) is 0 Å². The molecule has 18 heavy (non-hydrogen) atoms. The Morgan fingerprint density at radius 3 is 1.89 bits per heavy atom. The van der Waals surface area contributed by atoms with E-state index in [-0.39, 0.29) is 104 Å². The van der Waals surface area contributed by atoms with Crippen molar-refractivity contribution in [3.63, 3.8) is 0 Å². The Kier molecular flexibility index (Phi) is 16.9. The second kappa shape index (κ2) is 11.7. The third-order valence-electron chi connectivity index (χ3n) is 3.07. The molecule has 0 saturated carbocycles. The topological polar surface area (TPSA) is 63.9 Å². The van der Waals surface area contributed by atoms with Crippen LogP contribution in [0, 0.1) is 0 Å². The largest absolute Gasteiger partial charge is 0.390 e. The number of rotatable bonds is 0. The van der Waals surface area contributed by atoms with Crippen LogP contribution in [-0.2, 0) is 98.1 Å². The van der Waals surface area contributed by atoms with Crippen molar-refractivity contribution in [2.45, 2.75) is 57.5 Å². The summed E-state index contributed by atoms with van der Waals surface area (Å²) in [6, 6.07) is 0. The summed E-state index contributed by atoms with van der Waals surface area (Å²) in [5.41, 5.74) is -0.0109. The fourth-order valence-corrected chi connectivity index (χ4v) is 1.95. The number of hydrogen-bond acceptors (Lipinski definition) is 4. The minimum absolute atomic E-state index is 0. The molecule has 1 rings (SSSR count). The number of nitrogens with zero attached hydrogens (tertiary/aromatic N) is 1. The Labute approximate surface area is 186 Å². The van der Waals surface area contributed by atoms with E-state index in [0.717, 1.165) is 13.0 Å². The van der Waals surface area contributed by atoms with Gasteiger partial charge in [-0.1, -0.05) is 0 Å².